The van der Waals surface area contributed by atoms with Crippen LogP contribution in [0.1, 0.15) is 56.6 Å². The Morgan fingerprint density at radius 3 is 2.83 bits per heavy atom. The van der Waals surface area contributed by atoms with Crippen molar-refractivity contribution in [2.75, 3.05) is 19.7 Å². The highest BCUT2D eigenvalue weighted by Gasteiger charge is 2.37. The van der Waals surface area contributed by atoms with E-state index in [0.717, 1.165) is 36.8 Å². The molecule has 2 aliphatic carbocycles. The summed E-state index contributed by atoms with van der Waals surface area (Å²) >= 11 is 0. The van der Waals surface area contributed by atoms with Crippen molar-refractivity contribution in [2.45, 2.75) is 51.0 Å². The molecule has 1 aromatic heterocycles. The van der Waals surface area contributed by atoms with Crippen LogP contribution in [-0.4, -0.2) is 40.3 Å². The minimum absolute atomic E-state index is 0.0255. The number of ether oxygens (including phenoxy) is 1. The summed E-state index contributed by atoms with van der Waals surface area (Å²) in [5, 5.41) is 4.23. The zero-order valence-corrected chi connectivity index (χ0v) is 14.7. The summed E-state index contributed by atoms with van der Waals surface area (Å²) in [6.45, 7) is 2.04. The molecule has 0 spiro atoms. The van der Waals surface area contributed by atoms with Gasteiger partial charge in [-0.15, -0.1) is 0 Å². The Morgan fingerprint density at radius 2 is 2.04 bits per heavy atom. The summed E-state index contributed by atoms with van der Waals surface area (Å²) < 4.78 is 7.68. The number of morpholine rings is 1. The van der Waals surface area contributed by atoms with E-state index in [1.165, 1.54) is 32.1 Å². The van der Waals surface area contributed by atoms with Crippen LogP contribution >= 0.6 is 0 Å². The number of carbonyl (C=O) groups is 1. The fourth-order valence-electron chi connectivity index (χ4n) is 5.01. The highest BCUT2D eigenvalue weighted by Crippen LogP contribution is 2.43. The number of rotatable bonds is 2. The number of amides is 1. The van der Waals surface area contributed by atoms with Crippen LogP contribution in [0.15, 0.2) is 12.4 Å². The molecule has 5 nitrogen and oxygen atoms in total. The largest absolute Gasteiger partial charge is 0.370 e. The van der Waals surface area contributed by atoms with Gasteiger partial charge in [-0.25, -0.2) is 0 Å². The van der Waals surface area contributed by atoms with Crippen molar-refractivity contribution in [3.63, 3.8) is 0 Å². The normalized spacial score (nSPS) is 34.0. The van der Waals surface area contributed by atoms with Crippen molar-refractivity contribution in [3.8, 4) is 0 Å². The van der Waals surface area contributed by atoms with Crippen LogP contribution < -0.4 is 0 Å². The zero-order chi connectivity index (χ0) is 16.5. The minimum Gasteiger partial charge on any atom is -0.370 e. The second-order valence-corrected chi connectivity index (χ2v) is 7.91. The third kappa shape index (κ3) is 3.23. The van der Waals surface area contributed by atoms with Crippen molar-refractivity contribution >= 4 is 5.91 Å². The van der Waals surface area contributed by atoms with Crippen LogP contribution in [0.25, 0.3) is 0 Å². The SMILES string of the molecule is Cn1cc([C@@H]2CN(C(=O)[C@@H]3CC[C@@H]4CCCC[C@@H]4C3)CCO2)cn1. The molecule has 4 rings (SSSR count). The number of aryl methyl sites for hydroxylation is 1. The molecular formula is C19H29N3O2. The number of nitrogens with zero attached hydrogens (tertiary/aromatic N) is 3. The van der Waals surface area contributed by atoms with Gasteiger partial charge in [0.2, 0.25) is 5.91 Å². The lowest BCUT2D eigenvalue weighted by atomic mass is 9.67. The number of fused-ring (bicyclic) bond motifs is 1. The van der Waals surface area contributed by atoms with Crippen molar-refractivity contribution < 1.29 is 9.53 Å². The van der Waals surface area contributed by atoms with Gasteiger partial charge in [-0.05, 0) is 31.1 Å². The molecule has 3 fully saturated rings. The van der Waals surface area contributed by atoms with E-state index in [9.17, 15) is 4.79 Å². The van der Waals surface area contributed by atoms with E-state index in [4.69, 9.17) is 4.74 Å². The highest BCUT2D eigenvalue weighted by molar-refractivity contribution is 5.79. The highest BCUT2D eigenvalue weighted by atomic mass is 16.5. The maximum absolute atomic E-state index is 13.1. The summed E-state index contributed by atoms with van der Waals surface area (Å²) in [5.41, 5.74) is 1.07. The first-order valence-corrected chi connectivity index (χ1v) is 9.59. The Kier molecular flexibility index (Phi) is 4.61. The molecule has 1 saturated heterocycles. The third-order valence-electron chi connectivity index (χ3n) is 6.36. The van der Waals surface area contributed by atoms with Gasteiger partial charge in [0.1, 0.15) is 6.10 Å². The second kappa shape index (κ2) is 6.87. The molecule has 0 aromatic carbocycles. The van der Waals surface area contributed by atoms with Gasteiger partial charge in [0, 0.05) is 31.3 Å². The summed E-state index contributed by atoms with van der Waals surface area (Å²) in [7, 11) is 1.91. The molecule has 132 valence electrons. The monoisotopic (exact) mass is 331 g/mol. The van der Waals surface area contributed by atoms with Gasteiger partial charge in [-0.2, -0.15) is 5.10 Å². The summed E-state index contributed by atoms with van der Waals surface area (Å²) in [6.07, 6.45) is 12.8. The molecule has 2 heterocycles. The van der Waals surface area contributed by atoms with Crippen molar-refractivity contribution in [2.24, 2.45) is 24.8 Å². The maximum Gasteiger partial charge on any atom is 0.225 e. The molecule has 2 saturated carbocycles. The molecule has 0 N–H and O–H groups in total. The van der Waals surface area contributed by atoms with Gasteiger partial charge >= 0.3 is 0 Å². The molecule has 0 bridgehead atoms. The Labute approximate surface area is 144 Å². The molecule has 0 radical (unpaired) electrons. The van der Waals surface area contributed by atoms with Crippen molar-refractivity contribution in [1.82, 2.24) is 14.7 Å². The van der Waals surface area contributed by atoms with Gasteiger partial charge in [0.05, 0.1) is 19.3 Å². The van der Waals surface area contributed by atoms with Gasteiger partial charge in [-0.3, -0.25) is 9.48 Å². The van der Waals surface area contributed by atoms with E-state index in [2.05, 4.69) is 10.00 Å². The van der Waals surface area contributed by atoms with Crippen LogP contribution in [0.4, 0.5) is 0 Å². The molecule has 1 amide bonds. The van der Waals surface area contributed by atoms with E-state index in [0.29, 0.717) is 19.1 Å². The predicted molar refractivity (Wildman–Crippen MR) is 91.3 cm³/mol. The smallest absolute Gasteiger partial charge is 0.225 e. The molecule has 1 aromatic rings. The van der Waals surface area contributed by atoms with Crippen LogP contribution in [0.5, 0.6) is 0 Å². The molecule has 0 unspecified atom stereocenters. The van der Waals surface area contributed by atoms with E-state index >= 15 is 0 Å². The van der Waals surface area contributed by atoms with Gasteiger partial charge in [-0.1, -0.05) is 25.7 Å². The summed E-state index contributed by atoms with van der Waals surface area (Å²) in [5.74, 6) is 2.32. The molecule has 24 heavy (non-hydrogen) atoms. The third-order valence-corrected chi connectivity index (χ3v) is 6.36. The fraction of sp³-hybridized carbons (Fsp3) is 0.789. The predicted octanol–water partition coefficient (Wildman–Crippen LogP) is 2.93. The van der Waals surface area contributed by atoms with E-state index in [1.54, 1.807) is 4.68 Å². The number of hydrogen-bond donors (Lipinski definition) is 0. The summed E-state index contributed by atoms with van der Waals surface area (Å²) in [6, 6.07) is 0. The van der Waals surface area contributed by atoms with Crippen LogP contribution in [0.3, 0.4) is 0 Å². The van der Waals surface area contributed by atoms with E-state index in [1.807, 2.05) is 19.4 Å². The molecule has 4 atom stereocenters. The Bertz CT molecular complexity index is 585. The first kappa shape index (κ1) is 16.1. The molecule has 1 aliphatic heterocycles. The maximum atomic E-state index is 13.1. The lowest BCUT2D eigenvalue weighted by Gasteiger charge is -2.41. The second-order valence-electron chi connectivity index (χ2n) is 7.91. The molecule has 5 heteroatoms. The molecular weight excluding hydrogens is 302 g/mol. The number of hydrogen-bond acceptors (Lipinski definition) is 3. The van der Waals surface area contributed by atoms with Crippen LogP contribution in [0.2, 0.25) is 0 Å². The van der Waals surface area contributed by atoms with Gasteiger partial charge < -0.3 is 9.64 Å². The summed E-state index contributed by atoms with van der Waals surface area (Å²) in [4.78, 5) is 15.1. The van der Waals surface area contributed by atoms with E-state index in [-0.39, 0.29) is 12.0 Å². The number of aromatic nitrogens is 2. The van der Waals surface area contributed by atoms with Gasteiger partial charge in [0.25, 0.3) is 0 Å². The van der Waals surface area contributed by atoms with Crippen LogP contribution in [-0.2, 0) is 16.6 Å². The average molecular weight is 331 g/mol. The lowest BCUT2D eigenvalue weighted by Crippen LogP contribution is -2.46. The fourth-order valence-corrected chi connectivity index (χ4v) is 5.01. The molecule has 3 aliphatic rings. The Morgan fingerprint density at radius 1 is 1.21 bits per heavy atom. The Hall–Kier alpha value is -1.36. The lowest BCUT2D eigenvalue weighted by molar-refractivity contribution is -0.145. The topological polar surface area (TPSA) is 47.4 Å². The van der Waals surface area contributed by atoms with Gasteiger partial charge in [0.15, 0.2) is 0 Å². The standard InChI is InChI=1S/C19H29N3O2/c1-21-12-17(11-20-21)18-13-22(8-9-24-18)19(23)16-7-6-14-4-2-3-5-15(14)10-16/h11-12,14-16,18H,2-10,13H2,1H3/t14-,15+,16+,18-/m0/s1. The minimum atomic E-state index is -0.0255. The van der Waals surface area contributed by atoms with Crippen molar-refractivity contribution in [3.05, 3.63) is 18.0 Å². The quantitative estimate of drug-likeness (QED) is 0.837. The van der Waals surface area contributed by atoms with Crippen molar-refractivity contribution in [1.29, 1.82) is 0 Å². The number of carbonyl (C=O) groups excluding carboxylic acids is 1. The zero-order valence-electron chi connectivity index (χ0n) is 14.7. The van der Waals surface area contributed by atoms with Crippen LogP contribution in [0, 0.1) is 17.8 Å². The Balaban J connectivity index is 1.38. The first-order valence-electron chi connectivity index (χ1n) is 9.59. The first-order chi connectivity index (χ1) is 11.7. The van der Waals surface area contributed by atoms with E-state index < -0.39 is 0 Å². The average Bonchev–Trinajstić information content (AvgIpc) is 3.07.